The molecule has 4 atom stereocenters. The molecule has 0 fully saturated rings. The molecule has 1 aromatic heterocycles. The number of thioether (sulfide) groups is 2. The number of hydrogen-bond donors (Lipinski definition) is 9. The Bertz CT molecular complexity index is 2530. The number of rotatable bonds is 39. The molecular formula is C53H74F5N7O16S2. The minimum Gasteiger partial charge on any atom is -0.480 e. The van der Waals surface area contributed by atoms with Crippen LogP contribution in [-0.2, 0) is 63.8 Å². The Morgan fingerprint density at radius 3 is 1.87 bits per heavy atom. The predicted molar refractivity (Wildman–Crippen MR) is 296 cm³/mol. The molecule has 0 aliphatic carbocycles. The molecular weight excluding hydrogens is 1150 g/mol. The molecule has 0 radical (unpaired) electrons. The molecule has 1 unspecified atom stereocenters. The zero-order valence-corrected chi connectivity index (χ0v) is 47.8. The van der Waals surface area contributed by atoms with Gasteiger partial charge in [0.05, 0.1) is 64.6 Å². The van der Waals surface area contributed by atoms with Gasteiger partial charge in [-0.25, -0.2) is 18.4 Å². The normalized spacial score (nSPS) is 12.9. The van der Waals surface area contributed by atoms with E-state index in [0.717, 1.165) is 47.3 Å². The highest BCUT2D eigenvalue weighted by atomic mass is 32.2. The maximum atomic E-state index is 15.2. The van der Waals surface area contributed by atoms with Crippen molar-refractivity contribution in [3.8, 4) is 11.1 Å². The van der Waals surface area contributed by atoms with Gasteiger partial charge < -0.3 is 76.3 Å². The van der Waals surface area contributed by atoms with Crippen LogP contribution in [-0.4, -0.2) is 197 Å². The average molecular weight is 1220 g/mol. The zero-order valence-electron chi connectivity index (χ0n) is 46.2. The summed E-state index contributed by atoms with van der Waals surface area (Å²) in [6, 6.07) is 11.5. The number of nitrogens with one attached hydrogen (secondary N) is 3. The summed E-state index contributed by atoms with van der Waals surface area (Å²) in [5, 5.41) is 41.6. The van der Waals surface area contributed by atoms with Crippen LogP contribution < -0.4 is 27.4 Å². The van der Waals surface area contributed by atoms with Gasteiger partial charge in [-0.1, -0.05) is 51.1 Å². The fraction of sp³-hybridized carbons (Fsp3) is 0.547. The standard InChI is InChI=1S/C51H73F2N7O14S2.C2HF3O2/c1-51(2,3)47(41-26-35(37-27-36(52)10-11-38(37)53)30-59(41)29-34-8-5-4-6-9-34)60(17-7-14-54)46(64)33-75-32-40(49(67)68)58-44(62)13-18-71-20-22-73-24-25-74-23-21-72-19-16-57-43(61)12-15-56-45(63)28-42(50(69)70)76-31-39(55)48(65)66;3-2(4,5)1(6)7/h4-6,8-11,26-27,30,39-40,42,47H,7,12-25,28-29,31-33,54-55H2,1-3H3,(H,56,63)(H,57,61)(H,58,62)(H,65,66)(H,67,68)(H,69,70);(H,6,7)/t39-,40-,42?,47-;/m0./s1. The first-order chi connectivity index (χ1) is 39.2. The summed E-state index contributed by atoms with van der Waals surface area (Å²) < 4.78 is 85.1. The number of carbonyl (C=O) groups excluding carboxylic acids is 4. The van der Waals surface area contributed by atoms with E-state index in [2.05, 4.69) is 16.0 Å². The van der Waals surface area contributed by atoms with Crippen molar-refractivity contribution in [2.75, 3.05) is 96.3 Å². The van der Waals surface area contributed by atoms with Crippen molar-refractivity contribution in [1.82, 2.24) is 25.4 Å². The van der Waals surface area contributed by atoms with Crippen molar-refractivity contribution in [1.29, 1.82) is 0 Å². The minimum atomic E-state index is -5.08. The van der Waals surface area contributed by atoms with E-state index < -0.39 is 88.7 Å². The van der Waals surface area contributed by atoms with Gasteiger partial charge >= 0.3 is 30.1 Å². The lowest BCUT2D eigenvalue weighted by Gasteiger charge is -2.41. The van der Waals surface area contributed by atoms with Crippen molar-refractivity contribution in [2.24, 2.45) is 16.9 Å². The molecule has 4 amide bonds. The molecule has 0 aliphatic rings. The summed E-state index contributed by atoms with van der Waals surface area (Å²) in [6.07, 6.45) is -3.44. The molecule has 83 heavy (non-hydrogen) atoms. The molecule has 2 aromatic carbocycles. The maximum Gasteiger partial charge on any atom is 0.490 e. The molecule has 3 rings (SSSR count). The summed E-state index contributed by atoms with van der Waals surface area (Å²) in [7, 11) is 0. The summed E-state index contributed by atoms with van der Waals surface area (Å²) in [6.45, 7) is 8.71. The van der Waals surface area contributed by atoms with E-state index in [-0.39, 0.29) is 120 Å². The lowest BCUT2D eigenvalue weighted by molar-refractivity contribution is -0.192. The van der Waals surface area contributed by atoms with Gasteiger partial charge in [0.15, 0.2) is 0 Å². The zero-order chi connectivity index (χ0) is 62.1. The lowest BCUT2D eigenvalue weighted by Crippen LogP contribution is -2.45. The molecule has 0 saturated carbocycles. The molecule has 11 N–H and O–H groups in total. The largest absolute Gasteiger partial charge is 0.490 e. The third-order valence-corrected chi connectivity index (χ3v) is 13.7. The van der Waals surface area contributed by atoms with Crippen LogP contribution >= 0.6 is 23.5 Å². The van der Waals surface area contributed by atoms with E-state index in [0.29, 0.717) is 30.8 Å². The molecule has 0 saturated heterocycles. The number of ether oxygens (including phenoxy) is 4. The number of nitrogens with zero attached hydrogens (tertiary/aromatic N) is 2. The number of hydrogen-bond acceptors (Lipinski definition) is 16. The van der Waals surface area contributed by atoms with Crippen molar-refractivity contribution in [3.63, 3.8) is 0 Å². The third-order valence-electron chi connectivity index (χ3n) is 11.4. The lowest BCUT2D eigenvalue weighted by atomic mass is 9.83. The van der Waals surface area contributed by atoms with E-state index in [1.54, 1.807) is 17.2 Å². The molecule has 464 valence electrons. The second-order valence-electron chi connectivity index (χ2n) is 19.1. The number of carboxylic acids is 4. The van der Waals surface area contributed by atoms with Crippen LogP contribution in [0.25, 0.3) is 11.1 Å². The summed E-state index contributed by atoms with van der Waals surface area (Å²) in [5.41, 5.74) is 12.9. The quantitative estimate of drug-likeness (QED) is 0.0290. The van der Waals surface area contributed by atoms with Gasteiger partial charge in [-0.3, -0.25) is 28.8 Å². The van der Waals surface area contributed by atoms with Gasteiger partial charge in [0.25, 0.3) is 0 Å². The van der Waals surface area contributed by atoms with E-state index in [9.17, 15) is 61.3 Å². The smallest absolute Gasteiger partial charge is 0.480 e. The second kappa shape index (κ2) is 38.4. The number of carboxylic acid groups (broad SMARTS) is 4. The molecule has 0 aliphatic heterocycles. The number of halogens is 5. The Labute approximate surface area is 485 Å². The number of alkyl halides is 3. The SMILES string of the molecule is CC(C)(C)[C@H](c1cc(-c2cc(F)ccc2F)cn1Cc1ccccc1)N(CCCN)C(=O)CSC[C@H](NC(=O)CCOCCOCCOCCOCCNC(=O)CCNC(=O)CC(SC[C@H](N)C(=O)O)C(=O)O)C(=O)O.O=C(O)C(F)(F)F. The topological polar surface area (TPSA) is 351 Å². The molecule has 23 nitrogen and oxygen atoms in total. The Morgan fingerprint density at radius 2 is 1.31 bits per heavy atom. The highest BCUT2D eigenvalue weighted by Gasteiger charge is 2.39. The fourth-order valence-electron chi connectivity index (χ4n) is 7.40. The van der Waals surface area contributed by atoms with Crippen molar-refractivity contribution in [3.05, 3.63) is 83.7 Å². The van der Waals surface area contributed by atoms with Crippen molar-refractivity contribution >= 4 is 71.0 Å². The van der Waals surface area contributed by atoms with Gasteiger partial charge in [-0.15, -0.1) is 23.5 Å². The Hall–Kier alpha value is -6.41. The van der Waals surface area contributed by atoms with Crippen LogP contribution in [0.3, 0.4) is 0 Å². The maximum absolute atomic E-state index is 15.2. The molecule has 3 aromatic rings. The van der Waals surface area contributed by atoms with Crippen LogP contribution in [0, 0.1) is 17.0 Å². The number of aromatic nitrogens is 1. The average Bonchev–Trinajstić information content (AvgIpc) is 3.79. The van der Waals surface area contributed by atoms with E-state index in [1.807, 2.05) is 55.7 Å². The highest BCUT2D eigenvalue weighted by Crippen LogP contribution is 2.41. The monoisotopic (exact) mass is 1220 g/mol. The Balaban J connectivity index is 0.00000314. The predicted octanol–water partition coefficient (Wildman–Crippen LogP) is 3.75. The Kier molecular flexibility index (Phi) is 33.7. The molecule has 0 spiro atoms. The van der Waals surface area contributed by atoms with Gasteiger partial charge in [0.1, 0.15) is 29.0 Å². The fourth-order valence-corrected chi connectivity index (χ4v) is 9.32. The van der Waals surface area contributed by atoms with Crippen molar-refractivity contribution < 1.29 is 99.7 Å². The van der Waals surface area contributed by atoms with Crippen LogP contribution in [0.1, 0.15) is 63.8 Å². The number of nitrogens with two attached hydrogens (primary N) is 2. The van der Waals surface area contributed by atoms with Gasteiger partial charge in [0, 0.05) is 80.0 Å². The minimum absolute atomic E-state index is 0.00520. The molecule has 0 bridgehead atoms. The van der Waals surface area contributed by atoms with Gasteiger partial charge in [-0.05, 0) is 48.2 Å². The summed E-state index contributed by atoms with van der Waals surface area (Å²) in [5.74, 6) is -9.97. The van der Waals surface area contributed by atoms with Gasteiger partial charge in [0.2, 0.25) is 23.6 Å². The van der Waals surface area contributed by atoms with Crippen LogP contribution in [0.2, 0.25) is 0 Å². The van der Waals surface area contributed by atoms with Crippen LogP contribution in [0.4, 0.5) is 22.0 Å². The first-order valence-corrected chi connectivity index (χ1v) is 28.1. The first kappa shape index (κ1) is 72.7. The Morgan fingerprint density at radius 1 is 0.723 bits per heavy atom. The van der Waals surface area contributed by atoms with Gasteiger partial charge in [-0.2, -0.15) is 13.2 Å². The van der Waals surface area contributed by atoms with Crippen LogP contribution in [0.5, 0.6) is 0 Å². The summed E-state index contributed by atoms with van der Waals surface area (Å²) >= 11 is 1.81. The number of benzene rings is 2. The second-order valence-corrected chi connectivity index (χ2v) is 21.4. The number of aliphatic carboxylic acids is 4. The number of amides is 4. The summed E-state index contributed by atoms with van der Waals surface area (Å²) in [4.78, 5) is 96.1. The van der Waals surface area contributed by atoms with Crippen LogP contribution in [0.15, 0.2) is 60.8 Å². The van der Waals surface area contributed by atoms with E-state index in [4.69, 9.17) is 45.4 Å². The van der Waals surface area contributed by atoms with Crippen molar-refractivity contribution in [2.45, 2.75) is 82.6 Å². The highest BCUT2D eigenvalue weighted by molar-refractivity contribution is 8.00. The third kappa shape index (κ3) is 29.6. The number of carbonyl (C=O) groups is 8. The molecule has 1 heterocycles. The molecule has 30 heteroatoms. The first-order valence-electron chi connectivity index (χ1n) is 25.9. The van der Waals surface area contributed by atoms with E-state index >= 15 is 4.39 Å². The van der Waals surface area contributed by atoms with E-state index in [1.165, 1.54) is 0 Å².